The number of hydrogen-bond acceptors (Lipinski definition) is 4. The maximum Gasteiger partial charge on any atom is 0.263 e. The van der Waals surface area contributed by atoms with Gasteiger partial charge in [0.15, 0.2) is 0 Å². The van der Waals surface area contributed by atoms with Crippen LogP contribution >= 0.6 is 24.0 Å². The summed E-state index contributed by atoms with van der Waals surface area (Å²) in [5.41, 5.74) is 1.37. The molecule has 23 heavy (non-hydrogen) atoms. The van der Waals surface area contributed by atoms with Crippen molar-refractivity contribution in [2.45, 2.75) is 6.61 Å². The minimum Gasteiger partial charge on any atom is -0.489 e. The van der Waals surface area contributed by atoms with Crippen molar-refractivity contribution in [3.05, 3.63) is 70.4 Å². The molecule has 0 radical (unpaired) electrons. The summed E-state index contributed by atoms with van der Waals surface area (Å²) in [5.74, 6) is 0.170. The third kappa shape index (κ3) is 3.97. The van der Waals surface area contributed by atoms with E-state index in [-0.39, 0.29) is 18.3 Å². The van der Waals surface area contributed by atoms with Crippen molar-refractivity contribution in [1.29, 1.82) is 0 Å². The molecule has 116 valence electrons. The van der Waals surface area contributed by atoms with Gasteiger partial charge in [0.2, 0.25) is 0 Å². The largest absolute Gasteiger partial charge is 0.489 e. The number of carbonyl (C=O) groups excluding carboxylic acids is 1. The molecule has 2 aromatic carbocycles. The highest BCUT2D eigenvalue weighted by Gasteiger charge is 2.21. The molecular formula is C17H12FNO2S2. The lowest BCUT2D eigenvalue weighted by molar-refractivity contribution is -0.115. The van der Waals surface area contributed by atoms with Crippen molar-refractivity contribution < 1.29 is 13.9 Å². The first kappa shape index (κ1) is 15.7. The quantitative estimate of drug-likeness (QED) is 0.674. The van der Waals surface area contributed by atoms with Crippen LogP contribution in [0.1, 0.15) is 11.1 Å². The molecule has 0 aromatic heterocycles. The van der Waals surface area contributed by atoms with Gasteiger partial charge in [-0.2, -0.15) is 0 Å². The van der Waals surface area contributed by atoms with E-state index in [1.54, 1.807) is 36.4 Å². The van der Waals surface area contributed by atoms with Gasteiger partial charge < -0.3 is 10.1 Å². The Morgan fingerprint density at radius 2 is 1.91 bits per heavy atom. The number of thiocarbonyl (C=S) groups is 1. The van der Waals surface area contributed by atoms with Crippen molar-refractivity contribution in [2.75, 3.05) is 0 Å². The Labute approximate surface area is 142 Å². The van der Waals surface area contributed by atoms with Gasteiger partial charge in [-0.15, -0.1) is 0 Å². The van der Waals surface area contributed by atoms with E-state index in [1.807, 2.05) is 12.1 Å². The van der Waals surface area contributed by atoms with Gasteiger partial charge in [-0.3, -0.25) is 4.79 Å². The van der Waals surface area contributed by atoms with Crippen molar-refractivity contribution >= 4 is 40.3 Å². The summed E-state index contributed by atoms with van der Waals surface area (Å²) in [5, 5.41) is 2.57. The van der Waals surface area contributed by atoms with Gasteiger partial charge in [0.1, 0.15) is 22.5 Å². The molecule has 1 amide bonds. The van der Waals surface area contributed by atoms with Crippen LogP contribution in [-0.4, -0.2) is 10.2 Å². The zero-order valence-electron chi connectivity index (χ0n) is 11.9. The third-order valence-electron chi connectivity index (χ3n) is 3.17. The van der Waals surface area contributed by atoms with E-state index in [1.165, 1.54) is 17.8 Å². The fourth-order valence-electron chi connectivity index (χ4n) is 2.01. The van der Waals surface area contributed by atoms with Gasteiger partial charge >= 0.3 is 0 Å². The summed E-state index contributed by atoms with van der Waals surface area (Å²) >= 11 is 6.18. The molecule has 0 aliphatic carbocycles. The van der Waals surface area contributed by atoms with Crippen LogP contribution in [0.5, 0.6) is 5.75 Å². The summed E-state index contributed by atoms with van der Waals surface area (Å²) in [7, 11) is 0. The Balaban J connectivity index is 1.66. The SMILES string of the molecule is O=C1NC(=S)S/C1=C\c1ccc(OCc2ccccc2F)cc1. The highest BCUT2D eigenvalue weighted by Crippen LogP contribution is 2.26. The molecule has 0 atom stereocenters. The molecule has 3 rings (SSSR count). The normalized spacial score (nSPS) is 15.8. The Bertz CT molecular complexity index is 787. The molecule has 2 aromatic rings. The fraction of sp³-hybridized carbons (Fsp3) is 0.0588. The Hall–Kier alpha value is -2.18. The van der Waals surface area contributed by atoms with Crippen LogP contribution in [0.3, 0.4) is 0 Å². The van der Waals surface area contributed by atoms with Crippen molar-refractivity contribution in [3.63, 3.8) is 0 Å². The minimum absolute atomic E-state index is 0.166. The number of amides is 1. The van der Waals surface area contributed by atoms with E-state index in [9.17, 15) is 9.18 Å². The smallest absolute Gasteiger partial charge is 0.263 e. The highest BCUT2D eigenvalue weighted by molar-refractivity contribution is 8.26. The van der Waals surface area contributed by atoms with Crippen molar-refractivity contribution in [2.24, 2.45) is 0 Å². The first-order chi connectivity index (χ1) is 11.1. The van der Waals surface area contributed by atoms with Crippen LogP contribution in [0, 0.1) is 5.82 Å². The molecular weight excluding hydrogens is 333 g/mol. The predicted molar refractivity (Wildman–Crippen MR) is 93.5 cm³/mol. The second kappa shape index (κ2) is 6.93. The van der Waals surface area contributed by atoms with Crippen LogP contribution < -0.4 is 10.1 Å². The van der Waals surface area contributed by atoms with Crippen LogP contribution in [0.4, 0.5) is 4.39 Å². The van der Waals surface area contributed by atoms with Gasteiger partial charge in [0.25, 0.3) is 5.91 Å². The number of benzene rings is 2. The fourth-order valence-corrected chi connectivity index (χ4v) is 3.05. The van der Waals surface area contributed by atoms with Crippen molar-refractivity contribution in [3.8, 4) is 5.75 Å². The molecule has 1 N–H and O–H groups in total. The van der Waals surface area contributed by atoms with E-state index < -0.39 is 0 Å². The first-order valence-electron chi connectivity index (χ1n) is 6.83. The number of thioether (sulfide) groups is 1. The molecule has 0 spiro atoms. The lowest BCUT2D eigenvalue weighted by Gasteiger charge is -2.07. The van der Waals surface area contributed by atoms with Gasteiger partial charge in [-0.1, -0.05) is 54.3 Å². The molecule has 1 aliphatic heterocycles. The first-order valence-corrected chi connectivity index (χ1v) is 8.05. The van der Waals surface area contributed by atoms with E-state index in [4.69, 9.17) is 17.0 Å². The number of rotatable bonds is 4. The van der Waals surface area contributed by atoms with Gasteiger partial charge in [-0.25, -0.2) is 4.39 Å². The van der Waals surface area contributed by atoms with Gasteiger partial charge in [0, 0.05) is 5.56 Å². The number of halogens is 1. The number of ether oxygens (including phenoxy) is 1. The zero-order valence-corrected chi connectivity index (χ0v) is 13.5. The van der Waals surface area contributed by atoms with E-state index in [0.29, 0.717) is 20.5 Å². The number of nitrogens with one attached hydrogen (secondary N) is 1. The average molecular weight is 345 g/mol. The average Bonchev–Trinajstić information content (AvgIpc) is 2.85. The lowest BCUT2D eigenvalue weighted by Crippen LogP contribution is -2.17. The Morgan fingerprint density at radius 1 is 1.17 bits per heavy atom. The molecule has 0 bridgehead atoms. The molecule has 1 heterocycles. The standard InChI is InChI=1S/C17H12FNO2S2/c18-14-4-2-1-3-12(14)10-21-13-7-5-11(6-8-13)9-15-16(20)19-17(22)23-15/h1-9H,10H2,(H,19,20,22)/b15-9-. The Kier molecular flexibility index (Phi) is 4.73. The highest BCUT2D eigenvalue weighted by atomic mass is 32.2. The lowest BCUT2D eigenvalue weighted by atomic mass is 10.2. The molecule has 3 nitrogen and oxygen atoms in total. The minimum atomic E-state index is -0.283. The number of hydrogen-bond donors (Lipinski definition) is 1. The number of carbonyl (C=O) groups is 1. The molecule has 0 unspecified atom stereocenters. The summed E-state index contributed by atoms with van der Waals surface area (Å²) in [6.45, 7) is 0.166. The maximum absolute atomic E-state index is 13.5. The molecule has 0 saturated carbocycles. The Morgan fingerprint density at radius 3 is 2.57 bits per heavy atom. The van der Waals surface area contributed by atoms with Crippen LogP contribution in [0.25, 0.3) is 6.08 Å². The van der Waals surface area contributed by atoms with Gasteiger partial charge in [-0.05, 0) is 29.8 Å². The summed E-state index contributed by atoms with van der Waals surface area (Å²) in [6, 6.07) is 13.7. The van der Waals surface area contributed by atoms with Crippen molar-refractivity contribution in [1.82, 2.24) is 5.32 Å². The molecule has 1 aliphatic rings. The molecule has 6 heteroatoms. The van der Waals surface area contributed by atoms with Crippen LogP contribution in [-0.2, 0) is 11.4 Å². The van der Waals surface area contributed by atoms with E-state index >= 15 is 0 Å². The second-order valence-corrected chi connectivity index (χ2v) is 6.52. The summed E-state index contributed by atoms with van der Waals surface area (Å²) in [4.78, 5) is 12.2. The molecule has 1 fully saturated rings. The summed E-state index contributed by atoms with van der Waals surface area (Å²) < 4.78 is 19.5. The maximum atomic E-state index is 13.5. The second-order valence-electron chi connectivity index (χ2n) is 4.80. The van der Waals surface area contributed by atoms with E-state index in [2.05, 4.69) is 5.32 Å². The topological polar surface area (TPSA) is 38.3 Å². The predicted octanol–water partition coefficient (Wildman–Crippen LogP) is 3.89. The monoisotopic (exact) mass is 345 g/mol. The van der Waals surface area contributed by atoms with Crippen LogP contribution in [0.15, 0.2) is 53.4 Å². The van der Waals surface area contributed by atoms with Crippen LogP contribution in [0.2, 0.25) is 0 Å². The van der Waals surface area contributed by atoms with Gasteiger partial charge in [0.05, 0.1) is 4.91 Å². The summed E-state index contributed by atoms with van der Waals surface area (Å²) in [6.07, 6.45) is 1.76. The molecule has 1 saturated heterocycles. The third-order valence-corrected chi connectivity index (χ3v) is 4.33. The zero-order chi connectivity index (χ0) is 16.2. The van der Waals surface area contributed by atoms with E-state index in [0.717, 1.165) is 5.56 Å².